The first kappa shape index (κ1) is 19.4. The van der Waals surface area contributed by atoms with Gasteiger partial charge in [0.1, 0.15) is 0 Å². The fourth-order valence-electron chi connectivity index (χ4n) is 4.36. The van der Waals surface area contributed by atoms with E-state index >= 15 is 0 Å². The van der Waals surface area contributed by atoms with Gasteiger partial charge in [-0.3, -0.25) is 4.79 Å². The van der Waals surface area contributed by atoms with Crippen molar-refractivity contribution in [2.24, 2.45) is 0 Å². The van der Waals surface area contributed by atoms with E-state index in [0.717, 1.165) is 35.4 Å². The lowest BCUT2D eigenvalue weighted by Crippen LogP contribution is -2.10. The number of carbonyl (C=O) groups excluding carboxylic acids is 1. The van der Waals surface area contributed by atoms with E-state index in [1.54, 1.807) is 22.2 Å². The molecule has 0 bridgehead atoms. The Balaban J connectivity index is 1.71. The lowest BCUT2D eigenvalue weighted by Gasteiger charge is -2.17. The predicted molar refractivity (Wildman–Crippen MR) is 111 cm³/mol. The van der Waals surface area contributed by atoms with Gasteiger partial charge in [-0.1, -0.05) is 24.3 Å². The molecular formula is C24H18F3N3O. The monoisotopic (exact) mass is 421 g/mol. The quantitative estimate of drug-likeness (QED) is 0.406. The number of alkyl halides is 3. The van der Waals surface area contributed by atoms with Crippen LogP contribution >= 0.6 is 0 Å². The Morgan fingerprint density at radius 1 is 1.00 bits per heavy atom. The molecule has 0 spiro atoms. The van der Waals surface area contributed by atoms with Crippen LogP contribution in [0.5, 0.6) is 0 Å². The van der Waals surface area contributed by atoms with Gasteiger partial charge in [0.25, 0.3) is 0 Å². The first-order valence-corrected chi connectivity index (χ1v) is 9.90. The Morgan fingerprint density at radius 3 is 2.45 bits per heavy atom. The van der Waals surface area contributed by atoms with Crippen LogP contribution in [0.1, 0.15) is 32.9 Å². The van der Waals surface area contributed by atoms with Crippen LogP contribution in [0.3, 0.4) is 0 Å². The summed E-state index contributed by atoms with van der Waals surface area (Å²) in [6.07, 6.45) is -0.413. The van der Waals surface area contributed by atoms with E-state index in [2.05, 4.69) is 0 Å². The molecule has 156 valence electrons. The van der Waals surface area contributed by atoms with Crippen LogP contribution in [-0.4, -0.2) is 20.6 Å². The Bertz CT molecular complexity index is 1300. The lowest BCUT2D eigenvalue weighted by molar-refractivity contribution is -0.137. The largest absolute Gasteiger partial charge is 0.416 e. The first-order valence-electron chi connectivity index (χ1n) is 9.90. The third kappa shape index (κ3) is 3.08. The summed E-state index contributed by atoms with van der Waals surface area (Å²) in [6.45, 7) is 1.76. The van der Waals surface area contributed by atoms with Gasteiger partial charge in [-0.25, -0.2) is 4.68 Å². The maximum atomic E-state index is 13.3. The lowest BCUT2D eigenvalue weighted by atomic mass is 9.93. The normalized spacial score (nSPS) is 13.0. The second-order valence-electron chi connectivity index (χ2n) is 7.61. The van der Waals surface area contributed by atoms with Gasteiger partial charge in [0.15, 0.2) is 6.29 Å². The highest BCUT2D eigenvalue weighted by molar-refractivity contribution is 5.92. The first-order chi connectivity index (χ1) is 14.9. The molecule has 1 aliphatic rings. The highest BCUT2D eigenvalue weighted by Crippen LogP contribution is 2.40. The van der Waals surface area contributed by atoms with Gasteiger partial charge in [0.2, 0.25) is 0 Å². The molecular weight excluding hydrogens is 403 g/mol. The van der Waals surface area contributed by atoms with Crippen LogP contribution in [0.25, 0.3) is 22.6 Å². The van der Waals surface area contributed by atoms with Gasteiger partial charge < -0.3 is 4.57 Å². The van der Waals surface area contributed by atoms with E-state index in [0.29, 0.717) is 41.0 Å². The SMILES string of the molecule is Cc1c(C=O)c2c(n1-c1cccc(C(F)(F)F)c1)CCc1cn(-c3ccccc3)nc1-2. The molecule has 0 amide bonds. The molecule has 2 heterocycles. The average Bonchev–Trinajstić information content (AvgIpc) is 3.32. The van der Waals surface area contributed by atoms with Crippen LogP contribution < -0.4 is 0 Å². The van der Waals surface area contributed by atoms with Crippen molar-refractivity contribution in [3.05, 3.63) is 88.9 Å². The molecule has 0 atom stereocenters. The van der Waals surface area contributed by atoms with Gasteiger partial charge in [0, 0.05) is 34.4 Å². The molecule has 1 aliphatic carbocycles. The predicted octanol–water partition coefficient (Wildman–Crippen LogP) is 5.57. The smallest absolute Gasteiger partial charge is 0.317 e. The van der Waals surface area contributed by atoms with Crippen molar-refractivity contribution in [2.75, 3.05) is 0 Å². The number of fused-ring (bicyclic) bond motifs is 3. The van der Waals surface area contributed by atoms with Crippen molar-refractivity contribution >= 4 is 6.29 Å². The van der Waals surface area contributed by atoms with Crippen molar-refractivity contribution in [1.29, 1.82) is 0 Å². The fourth-order valence-corrected chi connectivity index (χ4v) is 4.36. The van der Waals surface area contributed by atoms with Gasteiger partial charge in [-0.15, -0.1) is 0 Å². The molecule has 4 nitrogen and oxygen atoms in total. The number of nitrogens with zero attached hydrogens (tertiary/aromatic N) is 3. The molecule has 0 N–H and O–H groups in total. The summed E-state index contributed by atoms with van der Waals surface area (Å²) in [5.74, 6) is 0. The summed E-state index contributed by atoms with van der Waals surface area (Å²) in [6, 6.07) is 14.9. The summed E-state index contributed by atoms with van der Waals surface area (Å²) in [5.41, 5.74) is 4.90. The maximum Gasteiger partial charge on any atom is 0.416 e. The molecule has 0 radical (unpaired) electrons. The number of benzene rings is 2. The zero-order valence-electron chi connectivity index (χ0n) is 16.6. The van der Waals surface area contributed by atoms with Gasteiger partial charge in [0.05, 0.1) is 16.9 Å². The van der Waals surface area contributed by atoms with Crippen LogP contribution in [0.4, 0.5) is 13.2 Å². The zero-order valence-corrected chi connectivity index (χ0v) is 16.6. The number of aryl methyl sites for hydroxylation is 1. The number of aromatic nitrogens is 3. The number of carbonyl (C=O) groups is 1. The molecule has 0 unspecified atom stereocenters. The summed E-state index contributed by atoms with van der Waals surface area (Å²) in [4.78, 5) is 12.0. The van der Waals surface area contributed by atoms with Crippen molar-refractivity contribution in [2.45, 2.75) is 25.9 Å². The molecule has 7 heteroatoms. The van der Waals surface area contributed by atoms with Gasteiger partial charge >= 0.3 is 6.18 Å². The molecule has 2 aromatic heterocycles. The minimum Gasteiger partial charge on any atom is -0.317 e. The van der Waals surface area contributed by atoms with Crippen molar-refractivity contribution in [3.63, 3.8) is 0 Å². The minimum atomic E-state index is -4.44. The number of rotatable bonds is 3. The molecule has 0 aliphatic heterocycles. The number of para-hydroxylation sites is 1. The van der Waals surface area contributed by atoms with E-state index in [1.165, 1.54) is 6.07 Å². The minimum absolute atomic E-state index is 0.391. The third-order valence-electron chi connectivity index (χ3n) is 5.78. The van der Waals surface area contributed by atoms with E-state index < -0.39 is 11.7 Å². The standard InChI is InChI=1S/C24H18F3N3O/c1-15-20(14-31)22-21(30(15)19-9-5-6-17(12-19)24(25,26)27)11-10-16-13-29(28-23(16)22)18-7-3-2-4-8-18/h2-9,12-14H,10-11H2,1H3. The van der Waals surface area contributed by atoms with Gasteiger partial charge in [-0.2, -0.15) is 18.3 Å². The second-order valence-corrected chi connectivity index (χ2v) is 7.61. The number of hydrogen-bond acceptors (Lipinski definition) is 2. The summed E-state index contributed by atoms with van der Waals surface area (Å²) in [5, 5.41) is 4.74. The van der Waals surface area contributed by atoms with Crippen LogP contribution in [0.15, 0.2) is 60.8 Å². The maximum absolute atomic E-state index is 13.3. The highest BCUT2D eigenvalue weighted by Gasteiger charge is 2.33. The van der Waals surface area contributed by atoms with E-state index in [9.17, 15) is 18.0 Å². The Morgan fingerprint density at radius 2 is 1.74 bits per heavy atom. The molecule has 0 saturated carbocycles. The van der Waals surface area contributed by atoms with Crippen LogP contribution in [-0.2, 0) is 19.0 Å². The van der Waals surface area contributed by atoms with E-state index in [4.69, 9.17) is 5.10 Å². The summed E-state index contributed by atoms with van der Waals surface area (Å²) in [7, 11) is 0. The van der Waals surface area contributed by atoms with Gasteiger partial charge in [-0.05, 0) is 55.7 Å². The summed E-state index contributed by atoms with van der Waals surface area (Å²) >= 11 is 0. The Labute approximate surface area is 176 Å². The number of hydrogen-bond donors (Lipinski definition) is 0. The van der Waals surface area contributed by atoms with Crippen molar-refractivity contribution < 1.29 is 18.0 Å². The number of halogens is 3. The van der Waals surface area contributed by atoms with Crippen LogP contribution in [0, 0.1) is 6.92 Å². The van der Waals surface area contributed by atoms with E-state index in [1.807, 2.05) is 36.5 Å². The highest BCUT2D eigenvalue weighted by atomic mass is 19.4. The van der Waals surface area contributed by atoms with Crippen molar-refractivity contribution in [1.82, 2.24) is 14.3 Å². The molecule has 0 fully saturated rings. The number of aldehydes is 1. The zero-order chi connectivity index (χ0) is 21.8. The topological polar surface area (TPSA) is 39.8 Å². The summed E-state index contributed by atoms with van der Waals surface area (Å²) < 4.78 is 43.4. The average molecular weight is 421 g/mol. The Hall–Kier alpha value is -3.61. The molecule has 4 aromatic rings. The second kappa shape index (κ2) is 6.97. The fraction of sp³-hybridized carbons (Fsp3) is 0.167. The molecule has 31 heavy (non-hydrogen) atoms. The van der Waals surface area contributed by atoms with Crippen LogP contribution in [0.2, 0.25) is 0 Å². The molecule has 5 rings (SSSR count). The molecule has 0 saturated heterocycles. The molecule has 2 aromatic carbocycles. The Kier molecular flexibility index (Phi) is 4.36. The third-order valence-corrected chi connectivity index (χ3v) is 5.78. The van der Waals surface area contributed by atoms with E-state index in [-0.39, 0.29) is 0 Å². The van der Waals surface area contributed by atoms with Crippen molar-refractivity contribution in [3.8, 4) is 22.6 Å².